The van der Waals surface area contributed by atoms with Crippen molar-refractivity contribution in [3.63, 3.8) is 0 Å². The fourth-order valence-electron chi connectivity index (χ4n) is 3.93. The van der Waals surface area contributed by atoms with E-state index in [1.807, 2.05) is 0 Å². The van der Waals surface area contributed by atoms with Crippen LogP contribution in [0.15, 0.2) is 30.3 Å². The molecule has 0 bridgehead atoms. The van der Waals surface area contributed by atoms with E-state index in [9.17, 15) is 0 Å². The number of hydrogen-bond donors (Lipinski definition) is 0. The Morgan fingerprint density at radius 1 is 0.957 bits per heavy atom. The molecule has 23 heavy (non-hydrogen) atoms. The predicted molar refractivity (Wildman–Crippen MR) is 93.2 cm³/mol. The van der Waals surface area contributed by atoms with Gasteiger partial charge >= 0.3 is 0 Å². The average Bonchev–Trinajstić information content (AvgIpc) is 2.77. The first-order chi connectivity index (χ1) is 11.3. The summed E-state index contributed by atoms with van der Waals surface area (Å²) in [5.74, 6) is 0. The van der Waals surface area contributed by atoms with Crippen molar-refractivity contribution >= 4 is 0 Å². The van der Waals surface area contributed by atoms with Gasteiger partial charge in [-0.1, -0.05) is 43.2 Å². The summed E-state index contributed by atoms with van der Waals surface area (Å²) in [5.41, 5.74) is 1.43. The molecule has 2 fully saturated rings. The molecule has 0 N–H and O–H groups in total. The molecule has 128 valence electrons. The number of nitrogens with zero attached hydrogens (tertiary/aromatic N) is 1. The van der Waals surface area contributed by atoms with Crippen LogP contribution < -0.4 is 0 Å². The quantitative estimate of drug-likeness (QED) is 0.805. The number of hydrogen-bond acceptors (Lipinski definition) is 3. The molecule has 3 rings (SSSR count). The van der Waals surface area contributed by atoms with Crippen LogP contribution in [0.5, 0.6) is 0 Å². The molecule has 2 aliphatic rings. The highest BCUT2D eigenvalue weighted by Crippen LogP contribution is 2.28. The number of ether oxygens (including phenoxy) is 2. The monoisotopic (exact) mass is 317 g/mol. The normalized spacial score (nSPS) is 27.7. The van der Waals surface area contributed by atoms with Crippen LogP contribution in [-0.2, 0) is 16.0 Å². The Kier molecular flexibility index (Phi) is 6.49. The van der Waals surface area contributed by atoms with Crippen molar-refractivity contribution in [1.82, 2.24) is 4.90 Å². The first-order valence-corrected chi connectivity index (χ1v) is 9.36. The summed E-state index contributed by atoms with van der Waals surface area (Å²) >= 11 is 0. The molecule has 3 heteroatoms. The summed E-state index contributed by atoms with van der Waals surface area (Å²) in [7, 11) is 0. The summed E-state index contributed by atoms with van der Waals surface area (Å²) in [4.78, 5) is 2.73. The highest BCUT2D eigenvalue weighted by molar-refractivity contribution is 5.14. The topological polar surface area (TPSA) is 21.7 Å². The van der Waals surface area contributed by atoms with E-state index in [1.54, 1.807) is 0 Å². The zero-order valence-corrected chi connectivity index (χ0v) is 14.5. The SMILES string of the molecule is CC1CCCCC(CCC2OCCCO2)N1Cc1ccccc1. The lowest BCUT2D eigenvalue weighted by molar-refractivity contribution is -0.183. The lowest BCUT2D eigenvalue weighted by Gasteiger charge is -2.36. The van der Waals surface area contributed by atoms with E-state index in [1.165, 1.54) is 37.7 Å². The molecule has 0 aromatic heterocycles. The van der Waals surface area contributed by atoms with E-state index in [4.69, 9.17) is 9.47 Å². The third-order valence-electron chi connectivity index (χ3n) is 5.28. The Labute approximate surface area is 141 Å². The van der Waals surface area contributed by atoms with Crippen molar-refractivity contribution < 1.29 is 9.47 Å². The minimum absolute atomic E-state index is 0.0286. The summed E-state index contributed by atoms with van der Waals surface area (Å²) in [5, 5.41) is 0. The second-order valence-corrected chi connectivity index (χ2v) is 7.05. The van der Waals surface area contributed by atoms with E-state index >= 15 is 0 Å². The molecular weight excluding hydrogens is 286 g/mol. The first-order valence-electron chi connectivity index (χ1n) is 9.36. The van der Waals surface area contributed by atoms with Crippen molar-refractivity contribution in [2.24, 2.45) is 0 Å². The Hall–Kier alpha value is -0.900. The molecule has 2 atom stereocenters. The van der Waals surface area contributed by atoms with Gasteiger partial charge in [-0.25, -0.2) is 0 Å². The lowest BCUT2D eigenvalue weighted by Crippen LogP contribution is -2.40. The molecule has 0 spiro atoms. The maximum Gasteiger partial charge on any atom is 0.157 e. The average molecular weight is 317 g/mol. The van der Waals surface area contributed by atoms with Crippen LogP contribution in [-0.4, -0.2) is 36.5 Å². The lowest BCUT2D eigenvalue weighted by atomic mass is 10.0. The van der Waals surface area contributed by atoms with Crippen LogP contribution in [0, 0.1) is 0 Å². The molecule has 1 aromatic carbocycles. The van der Waals surface area contributed by atoms with Crippen LogP contribution in [0.1, 0.15) is 57.4 Å². The Bertz CT molecular complexity index is 444. The second kappa shape index (κ2) is 8.81. The summed E-state index contributed by atoms with van der Waals surface area (Å²) in [6.45, 7) is 5.19. The van der Waals surface area contributed by atoms with E-state index < -0.39 is 0 Å². The van der Waals surface area contributed by atoms with E-state index in [2.05, 4.69) is 42.2 Å². The number of benzene rings is 1. The number of likely N-dealkylation sites (tertiary alicyclic amines) is 1. The van der Waals surface area contributed by atoms with Crippen LogP contribution in [0.2, 0.25) is 0 Å². The van der Waals surface area contributed by atoms with Gasteiger partial charge in [-0.05, 0) is 44.6 Å². The van der Waals surface area contributed by atoms with Gasteiger partial charge in [0.15, 0.2) is 6.29 Å². The summed E-state index contributed by atoms with van der Waals surface area (Å²) in [6.07, 6.45) is 8.62. The molecule has 3 nitrogen and oxygen atoms in total. The van der Waals surface area contributed by atoms with Gasteiger partial charge in [-0.15, -0.1) is 0 Å². The van der Waals surface area contributed by atoms with Gasteiger partial charge in [-0.3, -0.25) is 4.90 Å². The second-order valence-electron chi connectivity index (χ2n) is 7.05. The molecule has 0 saturated carbocycles. The van der Waals surface area contributed by atoms with Gasteiger partial charge < -0.3 is 9.47 Å². The third kappa shape index (κ3) is 5.03. The van der Waals surface area contributed by atoms with Gasteiger partial charge in [0.25, 0.3) is 0 Å². The molecule has 2 unspecified atom stereocenters. The Morgan fingerprint density at radius 2 is 1.70 bits per heavy atom. The van der Waals surface area contributed by atoms with Gasteiger partial charge in [0, 0.05) is 18.6 Å². The van der Waals surface area contributed by atoms with Gasteiger partial charge in [-0.2, -0.15) is 0 Å². The minimum Gasteiger partial charge on any atom is -0.353 e. The van der Waals surface area contributed by atoms with Gasteiger partial charge in [0.05, 0.1) is 13.2 Å². The van der Waals surface area contributed by atoms with Gasteiger partial charge in [0.1, 0.15) is 0 Å². The first kappa shape index (κ1) is 16.9. The van der Waals surface area contributed by atoms with Crippen molar-refractivity contribution in [3.8, 4) is 0 Å². The molecule has 1 aromatic rings. The zero-order valence-electron chi connectivity index (χ0n) is 14.5. The zero-order chi connectivity index (χ0) is 15.9. The maximum atomic E-state index is 5.74. The fraction of sp³-hybridized carbons (Fsp3) is 0.700. The smallest absolute Gasteiger partial charge is 0.157 e. The molecule has 2 saturated heterocycles. The molecule has 0 amide bonds. The number of rotatable bonds is 5. The standard InChI is InChI=1S/C20H31NO2/c1-17-8-5-6-11-19(12-13-20-22-14-7-15-23-20)21(17)16-18-9-3-2-4-10-18/h2-4,9-10,17,19-20H,5-8,11-16H2,1H3. The van der Waals surface area contributed by atoms with Crippen molar-refractivity contribution in [1.29, 1.82) is 0 Å². The van der Waals surface area contributed by atoms with Crippen LogP contribution in [0.25, 0.3) is 0 Å². The van der Waals surface area contributed by atoms with Crippen LogP contribution in [0.3, 0.4) is 0 Å². The fourth-order valence-corrected chi connectivity index (χ4v) is 3.93. The molecule has 0 aliphatic carbocycles. The summed E-state index contributed by atoms with van der Waals surface area (Å²) in [6, 6.07) is 12.2. The van der Waals surface area contributed by atoms with E-state index in [0.717, 1.165) is 32.6 Å². The van der Waals surface area contributed by atoms with Crippen LogP contribution in [0.4, 0.5) is 0 Å². The maximum absolute atomic E-state index is 5.74. The van der Waals surface area contributed by atoms with Crippen molar-refractivity contribution in [2.75, 3.05) is 13.2 Å². The third-order valence-corrected chi connectivity index (χ3v) is 5.28. The van der Waals surface area contributed by atoms with E-state index in [-0.39, 0.29) is 6.29 Å². The molecule has 0 radical (unpaired) electrons. The largest absolute Gasteiger partial charge is 0.353 e. The molecular formula is C20H31NO2. The van der Waals surface area contributed by atoms with E-state index in [0.29, 0.717) is 12.1 Å². The molecule has 2 aliphatic heterocycles. The highest BCUT2D eigenvalue weighted by atomic mass is 16.7. The highest BCUT2D eigenvalue weighted by Gasteiger charge is 2.27. The Morgan fingerprint density at radius 3 is 2.48 bits per heavy atom. The summed E-state index contributed by atoms with van der Waals surface area (Å²) < 4.78 is 11.5. The van der Waals surface area contributed by atoms with Gasteiger partial charge in [0.2, 0.25) is 0 Å². The van der Waals surface area contributed by atoms with Crippen LogP contribution >= 0.6 is 0 Å². The van der Waals surface area contributed by atoms with Crippen molar-refractivity contribution in [2.45, 2.75) is 76.8 Å². The predicted octanol–water partition coefficient (Wildman–Crippen LogP) is 4.36. The Balaban J connectivity index is 1.61. The molecule has 2 heterocycles. The minimum atomic E-state index is 0.0286. The van der Waals surface area contributed by atoms with Crippen molar-refractivity contribution in [3.05, 3.63) is 35.9 Å².